The van der Waals surface area contributed by atoms with Crippen molar-refractivity contribution in [1.82, 2.24) is 0 Å². The van der Waals surface area contributed by atoms with Crippen LogP contribution in [0, 0.1) is 27.3 Å². The highest BCUT2D eigenvalue weighted by atomic mass is 19.1. The maximum atomic E-state index is 13.2. The minimum atomic E-state index is -1.25. The fraction of sp³-hybridized carbons (Fsp3) is 0.111. The van der Waals surface area contributed by atoms with Crippen molar-refractivity contribution in [2.75, 3.05) is 7.11 Å². The summed E-state index contributed by atoms with van der Waals surface area (Å²) in [5.41, 5.74) is -1.72. The summed E-state index contributed by atoms with van der Waals surface area (Å²) in [5.74, 6) is -2.12. The normalized spacial score (nSPS) is 9.31. The number of nitro groups is 1. The quantitative estimate of drug-likeness (QED) is 0.430. The number of nitro benzene ring substituents is 1. The minimum Gasteiger partial charge on any atom is -0.465 e. The number of nitriles is 1. The second-order valence-electron chi connectivity index (χ2n) is 2.71. The lowest BCUT2D eigenvalue weighted by atomic mass is 10.1. The molecule has 0 atom stereocenters. The first kappa shape index (κ1) is 11.6. The van der Waals surface area contributed by atoms with E-state index in [1.807, 2.05) is 0 Å². The number of rotatable bonds is 2. The van der Waals surface area contributed by atoms with Gasteiger partial charge in [0.1, 0.15) is 11.6 Å². The fourth-order valence-corrected chi connectivity index (χ4v) is 1.11. The lowest BCUT2D eigenvalue weighted by molar-refractivity contribution is -0.387. The molecule has 0 N–H and O–H groups in total. The molecule has 7 heteroatoms. The Hall–Kier alpha value is -2.49. The monoisotopic (exact) mass is 224 g/mol. The first-order valence-corrected chi connectivity index (χ1v) is 3.97. The van der Waals surface area contributed by atoms with Gasteiger partial charge in [-0.25, -0.2) is 4.79 Å². The molecule has 0 aliphatic rings. The van der Waals surface area contributed by atoms with Gasteiger partial charge in [0.05, 0.1) is 17.6 Å². The second kappa shape index (κ2) is 4.35. The number of esters is 1. The van der Waals surface area contributed by atoms with Crippen LogP contribution in [0.4, 0.5) is 10.1 Å². The Morgan fingerprint density at radius 2 is 2.25 bits per heavy atom. The van der Waals surface area contributed by atoms with Crippen LogP contribution >= 0.6 is 0 Å². The van der Waals surface area contributed by atoms with E-state index >= 15 is 0 Å². The number of benzene rings is 1. The minimum absolute atomic E-state index is 0.248. The van der Waals surface area contributed by atoms with E-state index in [4.69, 9.17) is 5.26 Å². The molecule has 0 spiro atoms. The molecule has 1 rings (SSSR count). The Balaban J connectivity index is 3.45. The van der Waals surface area contributed by atoms with E-state index in [2.05, 4.69) is 4.74 Å². The van der Waals surface area contributed by atoms with Gasteiger partial charge in [-0.2, -0.15) is 9.65 Å². The molecule has 0 aromatic heterocycles. The third-order valence-corrected chi connectivity index (χ3v) is 1.79. The molecule has 0 unspecified atom stereocenters. The van der Waals surface area contributed by atoms with Crippen LogP contribution in [0.15, 0.2) is 12.1 Å². The Bertz CT molecular complexity index is 507. The largest absolute Gasteiger partial charge is 0.465 e. The average Bonchev–Trinajstić information content (AvgIpc) is 2.26. The third-order valence-electron chi connectivity index (χ3n) is 1.79. The molecule has 82 valence electrons. The van der Waals surface area contributed by atoms with Crippen molar-refractivity contribution in [1.29, 1.82) is 5.26 Å². The molecular weight excluding hydrogens is 219 g/mol. The number of hydrogen-bond donors (Lipinski definition) is 0. The zero-order valence-corrected chi connectivity index (χ0v) is 8.06. The Labute approximate surface area is 89.0 Å². The molecule has 0 heterocycles. The van der Waals surface area contributed by atoms with Crippen LogP contribution in [0.5, 0.6) is 0 Å². The Kier molecular flexibility index (Phi) is 3.15. The summed E-state index contributed by atoms with van der Waals surface area (Å²) < 4.78 is 17.6. The smallest absolute Gasteiger partial charge is 0.338 e. The standard InChI is InChI=1S/C9H5FN2O4/c1-16-9(13)5-2-6(4-11)8(12(14)15)7(10)3-5/h2-3H,1H3. The zero-order valence-electron chi connectivity index (χ0n) is 8.06. The summed E-state index contributed by atoms with van der Waals surface area (Å²) >= 11 is 0. The van der Waals surface area contributed by atoms with Crippen molar-refractivity contribution < 1.29 is 18.8 Å². The van der Waals surface area contributed by atoms with Crippen molar-refractivity contribution in [3.05, 3.63) is 39.2 Å². The number of halogens is 1. The summed E-state index contributed by atoms with van der Waals surface area (Å²) in [7, 11) is 1.08. The average molecular weight is 224 g/mol. The molecule has 0 fully saturated rings. The van der Waals surface area contributed by atoms with Gasteiger partial charge < -0.3 is 4.74 Å². The Morgan fingerprint density at radius 3 is 2.69 bits per heavy atom. The molecule has 0 bridgehead atoms. The van der Waals surface area contributed by atoms with Crippen LogP contribution in [0.2, 0.25) is 0 Å². The number of nitrogens with zero attached hydrogens (tertiary/aromatic N) is 2. The molecule has 6 nitrogen and oxygen atoms in total. The summed E-state index contributed by atoms with van der Waals surface area (Å²) in [6.45, 7) is 0. The predicted octanol–water partition coefficient (Wildman–Crippen LogP) is 1.39. The molecule has 16 heavy (non-hydrogen) atoms. The van der Waals surface area contributed by atoms with Crippen LogP contribution in [-0.4, -0.2) is 18.0 Å². The first-order chi connectivity index (χ1) is 7.51. The van der Waals surface area contributed by atoms with Gasteiger partial charge in [-0.15, -0.1) is 0 Å². The van der Waals surface area contributed by atoms with Crippen molar-refractivity contribution >= 4 is 11.7 Å². The Morgan fingerprint density at radius 1 is 1.62 bits per heavy atom. The lowest BCUT2D eigenvalue weighted by Crippen LogP contribution is -2.05. The SMILES string of the molecule is COC(=O)c1cc(F)c([N+](=O)[O-])c(C#N)c1. The van der Waals surface area contributed by atoms with Crippen molar-refractivity contribution in [2.45, 2.75) is 0 Å². The lowest BCUT2D eigenvalue weighted by Gasteiger charge is -2.01. The summed E-state index contributed by atoms with van der Waals surface area (Å²) in [4.78, 5) is 20.5. The molecular formula is C9H5FN2O4. The second-order valence-corrected chi connectivity index (χ2v) is 2.71. The van der Waals surface area contributed by atoms with Crippen LogP contribution in [0.1, 0.15) is 15.9 Å². The fourth-order valence-electron chi connectivity index (χ4n) is 1.11. The number of methoxy groups -OCH3 is 1. The van der Waals surface area contributed by atoms with Crippen molar-refractivity contribution in [2.24, 2.45) is 0 Å². The van der Waals surface area contributed by atoms with Gasteiger partial charge in [0, 0.05) is 0 Å². The van der Waals surface area contributed by atoms with Crippen LogP contribution in [0.3, 0.4) is 0 Å². The predicted molar refractivity (Wildman–Crippen MR) is 49.1 cm³/mol. The van der Waals surface area contributed by atoms with E-state index in [0.717, 1.165) is 13.2 Å². The summed E-state index contributed by atoms with van der Waals surface area (Å²) in [5, 5.41) is 19.0. The van der Waals surface area contributed by atoms with E-state index in [9.17, 15) is 19.3 Å². The number of hydrogen-bond acceptors (Lipinski definition) is 5. The van der Waals surface area contributed by atoms with E-state index in [1.54, 1.807) is 0 Å². The topological polar surface area (TPSA) is 93.2 Å². The van der Waals surface area contributed by atoms with Crippen LogP contribution in [0.25, 0.3) is 0 Å². The molecule has 0 saturated heterocycles. The molecule has 0 amide bonds. The van der Waals surface area contributed by atoms with E-state index in [-0.39, 0.29) is 5.56 Å². The van der Waals surface area contributed by atoms with Gasteiger partial charge in [-0.3, -0.25) is 10.1 Å². The van der Waals surface area contributed by atoms with Gasteiger partial charge in [0.2, 0.25) is 5.82 Å². The highest BCUT2D eigenvalue weighted by Gasteiger charge is 2.23. The zero-order chi connectivity index (χ0) is 12.3. The molecule has 0 aliphatic carbocycles. The van der Waals surface area contributed by atoms with Gasteiger partial charge in [0.25, 0.3) is 0 Å². The maximum absolute atomic E-state index is 13.2. The van der Waals surface area contributed by atoms with Crippen molar-refractivity contribution in [3.63, 3.8) is 0 Å². The summed E-state index contributed by atoms with van der Waals surface area (Å²) in [6, 6.07) is 3.01. The molecule has 1 aromatic carbocycles. The first-order valence-electron chi connectivity index (χ1n) is 3.97. The number of carbonyl (C=O) groups excluding carboxylic acids is 1. The maximum Gasteiger partial charge on any atom is 0.338 e. The van der Waals surface area contributed by atoms with Gasteiger partial charge in [-0.1, -0.05) is 0 Å². The van der Waals surface area contributed by atoms with Crippen LogP contribution in [-0.2, 0) is 4.74 Å². The van der Waals surface area contributed by atoms with E-state index in [1.165, 1.54) is 6.07 Å². The van der Waals surface area contributed by atoms with Gasteiger partial charge >= 0.3 is 11.7 Å². The highest BCUT2D eigenvalue weighted by molar-refractivity contribution is 5.90. The molecule has 1 aromatic rings. The number of ether oxygens (including phenoxy) is 1. The van der Waals surface area contributed by atoms with Gasteiger partial charge in [0.15, 0.2) is 0 Å². The van der Waals surface area contributed by atoms with Crippen LogP contribution < -0.4 is 0 Å². The third kappa shape index (κ3) is 1.95. The van der Waals surface area contributed by atoms with Gasteiger partial charge in [-0.05, 0) is 12.1 Å². The molecule has 0 radical (unpaired) electrons. The highest BCUT2D eigenvalue weighted by Crippen LogP contribution is 2.24. The number of carbonyl (C=O) groups is 1. The van der Waals surface area contributed by atoms with E-state index in [0.29, 0.717) is 6.07 Å². The van der Waals surface area contributed by atoms with Crippen molar-refractivity contribution in [3.8, 4) is 6.07 Å². The van der Waals surface area contributed by atoms with E-state index < -0.39 is 28.0 Å². The molecule has 0 aliphatic heterocycles. The molecule has 0 saturated carbocycles. The summed E-state index contributed by atoms with van der Waals surface area (Å²) in [6.07, 6.45) is 0.